The van der Waals surface area contributed by atoms with E-state index >= 15 is 4.39 Å². The summed E-state index contributed by atoms with van der Waals surface area (Å²) in [5, 5.41) is 10.1. The Hall–Kier alpha value is -6.39. The summed E-state index contributed by atoms with van der Waals surface area (Å²) >= 11 is 6.64. The number of nitrogens with zero attached hydrogens (tertiary/aromatic N) is 5. The number of para-hydroxylation sites is 1. The van der Waals surface area contributed by atoms with Gasteiger partial charge in [0.2, 0.25) is 17.7 Å². The highest BCUT2D eigenvalue weighted by Gasteiger charge is 2.40. The lowest BCUT2D eigenvalue weighted by Gasteiger charge is -2.36. The van der Waals surface area contributed by atoms with E-state index in [1.165, 1.54) is 17.3 Å². The number of hydrogen-bond acceptors (Lipinski definition) is 11. The smallest absolute Gasteiger partial charge is 0.255 e. The van der Waals surface area contributed by atoms with Crippen LogP contribution in [0, 0.1) is 17.7 Å². The predicted molar refractivity (Wildman–Crippen MR) is 259 cm³/mol. The van der Waals surface area contributed by atoms with Crippen LogP contribution in [0.25, 0.3) is 11.0 Å². The van der Waals surface area contributed by atoms with Gasteiger partial charge in [-0.05, 0) is 138 Å². The summed E-state index contributed by atoms with van der Waals surface area (Å²) in [6.45, 7) is 4.68. The number of ketones is 1. The van der Waals surface area contributed by atoms with Gasteiger partial charge in [0, 0.05) is 67.9 Å². The molecule has 4 amide bonds. The van der Waals surface area contributed by atoms with Gasteiger partial charge in [0.25, 0.3) is 5.91 Å². The van der Waals surface area contributed by atoms with Gasteiger partial charge in [-0.1, -0.05) is 29.8 Å². The molecule has 1 atom stereocenters. The van der Waals surface area contributed by atoms with Crippen molar-refractivity contribution in [2.75, 3.05) is 42.9 Å². The van der Waals surface area contributed by atoms with Crippen LogP contribution in [0.4, 0.5) is 15.9 Å². The van der Waals surface area contributed by atoms with Crippen molar-refractivity contribution in [1.82, 2.24) is 35.4 Å². The van der Waals surface area contributed by atoms with Crippen LogP contribution in [0.5, 0.6) is 11.5 Å². The van der Waals surface area contributed by atoms with Crippen molar-refractivity contribution in [3.8, 4) is 11.5 Å². The molecule has 5 aromatic rings. The van der Waals surface area contributed by atoms with E-state index in [9.17, 15) is 24.0 Å². The lowest BCUT2D eigenvalue weighted by molar-refractivity contribution is -0.137. The molecule has 1 unspecified atom stereocenters. The van der Waals surface area contributed by atoms with Gasteiger partial charge in [-0.15, -0.1) is 0 Å². The number of rotatable bonds is 14. The largest absolute Gasteiger partial charge is 0.457 e. The number of imide groups is 1. The summed E-state index contributed by atoms with van der Waals surface area (Å²) in [5.41, 5.74) is 2.83. The number of fused-ring (bicyclic) bond motifs is 2. The molecule has 4 N–H and O–H groups in total. The minimum Gasteiger partial charge on any atom is -0.457 e. The second-order valence-corrected chi connectivity index (χ2v) is 19.8. The van der Waals surface area contributed by atoms with Crippen LogP contribution in [0.2, 0.25) is 5.02 Å². The van der Waals surface area contributed by atoms with Crippen molar-refractivity contribution in [2.24, 2.45) is 11.8 Å². The molecule has 15 nitrogen and oxygen atoms in total. The first-order valence-electron chi connectivity index (χ1n) is 24.4. The Morgan fingerprint density at radius 3 is 2.33 bits per heavy atom. The van der Waals surface area contributed by atoms with Crippen molar-refractivity contribution in [1.29, 1.82) is 0 Å². The Balaban J connectivity index is 0.635. The van der Waals surface area contributed by atoms with E-state index in [4.69, 9.17) is 16.3 Å². The average Bonchev–Trinajstić information content (AvgIpc) is 3.93. The Kier molecular flexibility index (Phi) is 13.6. The maximum Gasteiger partial charge on any atom is 0.255 e. The molecular weight excluding hydrogens is 901 g/mol. The molecule has 0 radical (unpaired) electrons. The van der Waals surface area contributed by atoms with E-state index in [-0.39, 0.29) is 60.0 Å². The number of anilines is 2. The maximum absolute atomic E-state index is 15.5. The minimum absolute atomic E-state index is 0.117. The van der Waals surface area contributed by atoms with Crippen molar-refractivity contribution in [2.45, 2.75) is 102 Å². The van der Waals surface area contributed by atoms with Crippen molar-refractivity contribution in [3.63, 3.8) is 0 Å². The number of nitrogens with one attached hydrogen (secondary N) is 4. The van der Waals surface area contributed by atoms with Crippen molar-refractivity contribution >= 4 is 63.6 Å². The van der Waals surface area contributed by atoms with Crippen LogP contribution in [-0.4, -0.2) is 105 Å². The minimum atomic E-state index is -0.727. The van der Waals surface area contributed by atoms with Crippen molar-refractivity contribution < 1.29 is 33.1 Å². The van der Waals surface area contributed by atoms with Gasteiger partial charge in [-0.25, -0.2) is 14.4 Å². The number of carbonyl (C=O) groups excluding carboxylic acids is 5. The molecule has 1 aliphatic carbocycles. The molecule has 5 aliphatic rings. The van der Waals surface area contributed by atoms with Gasteiger partial charge in [-0.2, -0.15) is 0 Å². The molecule has 4 aliphatic heterocycles. The van der Waals surface area contributed by atoms with Crippen LogP contribution >= 0.6 is 11.6 Å². The van der Waals surface area contributed by atoms with E-state index in [1.54, 1.807) is 30.5 Å². The molecule has 0 spiro atoms. The van der Waals surface area contributed by atoms with Crippen LogP contribution in [-0.2, 0) is 20.9 Å². The summed E-state index contributed by atoms with van der Waals surface area (Å²) in [6, 6.07) is 17.0. The zero-order valence-corrected chi connectivity index (χ0v) is 39.2. The number of H-pyrrole nitrogens is 1. The zero-order valence-electron chi connectivity index (χ0n) is 38.5. The van der Waals surface area contributed by atoms with E-state index in [2.05, 4.69) is 40.7 Å². The van der Waals surface area contributed by atoms with Gasteiger partial charge in [0.1, 0.15) is 41.2 Å². The molecule has 10 rings (SSSR count). The molecule has 3 saturated heterocycles. The molecule has 2 aromatic heterocycles. The average molecular weight is 959 g/mol. The van der Waals surface area contributed by atoms with Crippen molar-refractivity contribution in [3.05, 3.63) is 106 Å². The highest BCUT2D eigenvalue weighted by atomic mass is 35.5. The highest BCUT2D eigenvalue weighted by Crippen LogP contribution is 2.36. The van der Waals surface area contributed by atoms with Crippen LogP contribution in [0.15, 0.2) is 73.2 Å². The third-order valence-corrected chi connectivity index (χ3v) is 15.2. The highest BCUT2D eigenvalue weighted by molar-refractivity contribution is 6.35. The summed E-state index contributed by atoms with van der Waals surface area (Å²) in [6.07, 6.45) is 12.5. The Bertz CT molecular complexity index is 2750. The van der Waals surface area contributed by atoms with Crippen LogP contribution in [0.3, 0.4) is 0 Å². The Morgan fingerprint density at radius 1 is 0.826 bits per heavy atom. The van der Waals surface area contributed by atoms with E-state index in [0.717, 1.165) is 90.5 Å². The monoisotopic (exact) mass is 957 g/mol. The molecule has 1 saturated carbocycles. The van der Waals surface area contributed by atoms with E-state index in [1.807, 2.05) is 30.3 Å². The first-order chi connectivity index (χ1) is 33.5. The van der Waals surface area contributed by atoms with Gasteiger partial charge >= 0.3 is 0 Å². The summed E-state index contributed by atoms with van der Waals surface area (Å²) in [5.74, 6) is 0.962. The number of likely N-dealkylation sites (tertiary alicyclic amines) is 1. The van der Waals surface area contributed by atoms with Gasteiger partial charge in [0.05, 0.1) is 21.7 Å². The number of amides is 4. The first-order valence-corrected chi connectivity index (χ1v) is 24.8. The number of aromatic amines is 1. The van der Waals surface area contributed by atoms with Gasteiger partial charge in [0.15, 0.2) is 5.78 Å². The summed E-state index contributed by atoms with van der Waals surface area (Å²) in [7, 11) is 0. The third kappa shape index (κ3) is 10.3. The quantitative estimate of drug-likeness (QED) is 0.0630. The molecule has 0 bridgehead atoms. The number of piperidine rings is 3. The third-order valence-electron chi connectivity index (χ3n) is 14.9. The zero-order chi connectivity index (χ0) is 47.6. The normalized spacial score (nSPS) is 21.6. The Labute approximate surface area is 404 Å². The SMILES string of the molecule is O=C1CCC(N2Cc3cc(N4CCC(CCN5CCC(CC(=O)NC6CCC(Nc7ncnc8[nH]cc(C(=O)c9ccc(Oc%10ccccc%10)cc9Cl)c78)CC6)CC5)CC4)c(F)cc3C2=O)C(=O)N1. The number of hydrogen-bond donors (Lipinski definition) is 4. The molecule has 360 valence electrons. The maximum atomic E-state index is 15.5. The first kappa shape index (κ1) is 46.3. The van der Waals surface area contributed by atoms with Gasteiger partial charge in [-0.3, -0.25) is 29.3 Å². The second-order valence-electron chi connectivity index (χ2n) is 19.4. The second kappa shape index (κ2) is 20.3. The molecule has 69 heavy (non-hydrogen) atoms. The predicted octanol–water partition coefficient (Wildman–Crippen LogP) is 7.78. The molecule has 4 fully saturated rings. The number of ether oxygens (including phenoxy) is 1. The molecule has 6 heterocycles. The molecular formula is C52H57ClFN9O6. The molecule has 3 aromatic carbocycles. The fourth-order valence-corrected chi connectivity index (χ4v) is 11.2. The lowest BCUT2D eigenvalue weighted by Crippen LogP contribution is -2.52. The number of carbonyl (C=O) groups is 5. The van der Waals surface area contributed by atoms with Gasteiger partial charge < -0.3 is 35.1 Å². The number of benzene rings is 3. The number of aromatic nitrogens is 3. The summed E-state index contributed by atoms with van der Waals surface area (Å²) < 4.78 is 21.4. The molecule has 17 heteroatoms. The standard InChI is InChI=1S/C52H57ClFN9O6/c53-41-26-37(69-36-4-2-1-3-5-36)10-11-38(41)48(66)40-28-55-49-47(40)50(57-30-56-49)59-35-8-6-34(7-9-35)58-46(65)24-32-15-20-61(21-16-32)19-14-31-17-22-62(23-18-31)44-25-33-29-63(52(68)39(33)27-42(44)54)43-12-13-45(64)60-51(43)67/h1-5,10-11,25-28,30-32,34-35,43H,6-9,12-24,29H2,(H,58,65)(H,60,64,67)(H2,55,56,57,59). The van der Waals surface area contributed by atoms with Crippen LogP contribution < -0.4 is 25.6 Å². The van der Waals surface area contributed by atoms with E-state index in [0.29, 0.717) is 74.5 Å². The number of halogens is 2. The Morgan fingerprint density at radius 2 is 1.58 bits per heavy atom. The van der Waals surface area contributed by atoms with E-state index < -0.39 is 17.8 Å². The fraction of sp³-hybridized carbons (Fsp3) is 0.442. The topological polar surface area (TPSA) is 182 Å². The fourth-order valence-electron chi connectivity index (χ4n) is 10.9. The summed E-state index contributed by atoms with van der Waals surface area (Å²) in [4.78, 5) is 82.5. The lowest BCUT2D eigenvalue weighted by atomic mass is 9.89. The van der Waals surface area contributed by atoms with Crippen LogP contribution in [0.1, 0.15) is 109 Å².